The Morgan fingerprint density at radius 1 is 1.21 bits per heavy atom. The van der Waals surface area contributed by atoms with Crippen LogP contribution in [0.5, 0.6) is 0 Å². The van der Waals surface area contributed by atoms with Crippen molar-refractivity contribution in [1.29, 1.82) is 0 Å². The summed E-state index contributed by atoms with van der Waals surface area (Å²) >= 11 is 0. The summed E-state index contributed by atoms with van der Waals surface area (Å²) in [5.41, 5.74) is 0.327. The molecule has 0 aliphatic carbocycles. The Balaban J connectivity index is 3.28. The third kappa shape index (κ3) is 2.16. The van der Waals surface area contributed by atoms with Gasteiger partial charge in [0.1, 0.15) is 0 Å². The molecular formula is C11H11F3. The van der Waals surface area contributed by atoms with Crippen molar-refractivity contribution in [2.45, 2.75) is 20.0 Å². The zero-order valence-corrected chi connectivity index (χ0v) is 8.02. The van der Waals surface area contributed by atoms with E-state index in [9.17, 15) is 13.2 Å². The summed E-state index contributed by atoms with van der Waals surface area (Å²) in [6, 6.07) is 4.19. The molecule has 1 aromatic rings. The zero-order valence-electron chi connectivity index (χ0n) is 8.02. The molecule has 0 unspecified atom stereocenters. The quantitative estimate of drug-likeness (QED) is 0.641. The molecule has 14 heavy (non-hydrogen) atoms. The SMILES string of the molecule is C/C=C/c1cccc(C(F)(F)F)c1C. The molecule has 0 fully saturated rings. The minimum absolute atomic E-state index is 0.276. The van der Waals surface area contributed by atoms with E-state index >= 15 is 0 Å². The molecule has 1 aromatic carbocycles. The summed E-state index contributed by atoms with van der Waals surface area (Å²) in [7, 11) is 0. The molecule has 0 aliphatic rings. The maximum atomic E-state index is 12.4. The van der Waals surface area contributed by atoms with Crippen LogP contribution in [0.2, 0.25) is 0 Å². The van der Waals surface area contributed by atoms with E-state index in [1.165, 1.54) is 13.0 Å². The lowest BCUT2D eigenvalue weighted by atomic mass is 10.0. The lowest BCUT2D eigenvalue weighted by Gasteiger charge is -2.11. The van der Waals surface area contributed by atoms with Crippen LogP contribution in [0.25, 0.3) is 6.08 Å². The Bertz CT molecular complexity index is 348. The number of halogens is 3. The van der Waals surface area contributed by atoms with Gasteiger partial charge in [0.2, 0.25) is 0 Å². The van der Waals surface area contributed by atoms with Gasteiger partial charge in [0.15, 0.2) is 0 Å². The van der Waals surface area contributed by atoms with Crippen LogP contribution in [-0.4, -0.2) is 0 Å². The number of benzene rings is 1. The number of hydrogen-bond acceptors (Lipinski definition) is 0. The average Bonchev–Trinajstić information content (AvgIpc) is 2.07. The molecule has 76 valence electrons. The number of allylic oxidation sites excluding steroid dienone is 1. The van der Waals surface area contributed by atoms with Gasteiger partial charge in [-0.05, 0) is 31.0 Å². The van der Waals surface area contributed by atoms with E-state index in [1.807, 2.05) is 0 Å². The average molecular weight is 200 g/mol. The fourth-order valence-electron chi connectivity index (χ4n) is 1.32. The number of rotatable bonds is 1. The first kappa shape index (κ1) is 10.8. The molecule has 0 heterocycles. The molecule has 0 bridgehead atoms. The molecule has 0 aromatic heterocycles. The van der Waals surface area contributed by atoms with Crippen LogP contribution >= 0.6 is 0 Å². The van der Waals surface area contributed by atoms with Crippen molar-refractivity contribution in [3.8, 4) is 0 Å². The molecule has 0 saturated heterocycles. The van der Waals surface area contributed by atoms with Crippen LogP contribution in [-0.2, 0) is 6.18 Å². The van der Waals surface area contributed by atoms with Crippen molar-refractivity contribution in [2.75, 3.05) is 0 Å². The molecule has 0 aliphatic heterocycles. The van der Waals surface area contributed by atoms with Gasteiger partial charge in [-0.3, -0.25) is 0 Å². The van der Waals surface area contributed by atoms with Crippen LogP contribution in [0.15, 0.2) is 24.3 Å². The van der Waals surface area contributed by atoms with Crippen LogP contribution in [0.1, 0.15) is 23.6 Å². The van der Waals surface area contributed by atoms with Gasteiger partial charge in [0, 0.05) is 0 Å². The molecule has 0 radical (unpaired) electrons. The van der Waals surface area contributed by atoms with Crippen LogP contribution < -0.4 is 0 Å². The minimum Gasteiger partial charge on any atom is -0.166 e. The van der Waals surface area contributed by atoms with Crippen LogP contribution in [0.3, 0.4) is 0 Å². The molecule has 3 heteroatoms. The second kappa shape index (κ2) is 3.86. The first-order chi connectivity index (χ1) is 6.46. The molecule has 0 saturated carbocycles. The molecular weight excluding hydrogens is 189 g/mol. The van der Waals surface area contributed by atoms with E-state index in [0.29, 0.717) is 5.56 Å². The summed E-state index contributed by atoms with van der Waals surface area (Å²) in [6.07, 6.45) is -0.866. The molecule has 0 atom stereocenters. The normalized spacial score (nSPS) is 12.4. The minimum atomic E-state index is -4.26. The van der Waals surface area contributed by atoms with Gasteiger partial charge in [-0.1, -0.05) is 24.3 Å². The standard InChI is InChI=1S/C11H11F3/c1-3-5-9-6-4-7-10(8(9)2)11(12,13)14/h3-7H,1-2H3/b5-3+. The fourth-order valence-corrected chi connectivity index (χ4v) is 1.32. The summed E-state index contributed by atoms with van der Waals surface area (Å²) in [5, 5.41) is 0. The Hall–Kier alpha value is -1.25. The maximum Gasteiger partial charge on any atom is 0.416 e. The lowest BCUT2D eigenvalue weighted by molar-refractivity contribution is -0.138. The Labute approximate surface area is 81.1 Å². The predicted molar refractivity (Wildman–Crippen MR) is 50.9 cm³/mol. The van der Waals surface area contributed by atoms with Crippen LogP contribution in [0.4, 0.5) is 13.2 Å². The first-order valence-electron chi connectivity index (χ1n) is 4.26. The fraction of sp³-hybridized carbons (Fsp3) is 0.273. The van der Waals surface area contributed by atoms with E-state index in [-0.39, 0.29) is 5.56 Å². The van der Waals surface area contributed by atoms with Gasteiger partial charge in [-0.2, -0.15) is 13.2 Å². The number of hydrogen-bond donors (Lipinski definition) is 0. The van der Waals surface area contributed by atoms with E-state index in [4.69, 9.17) is 0 Å². The first-order valence-corrected chi connectivity index (χ1v) is 4.26. The van der Waals surface area contributed by atoms with Crippen molar-refractivity contribution < 1.29 is 13.2 Å². The van der Waals surface area contributed by atoms with Crippen molar-refractivity contribution in [2.24, 2.45) is 0 Å². The van der Waals surface area contributed by atoms with Crippen molar-refractivity contribution in [3.63, 3.8) is 0 Å². The maximum absolute atomic E-state index is 12.4. The Morgan fingerprint density at radius 2 is 1.86 bits per heavy atom. The van der Waals surface area contributed by atoms with Gasteiger partial charge in [0.25, 0.3) is 0 Å². The highest BCUT2D eigenvalue weighted by molar-refractivity contribution is 5.55. The smallest absolute Gasteiger partial charge is 0.166 e. The summed E-state index contributed by atoms with van der Waals surface area (Å²) < 4.78 is 37.3. The summed E-state index contributed by atoms with van der Waals surface area (Å²) in [6.45, 7) is 3.26. The predicted octanol–water partition coefficient (Wildman–Crippen LogP) is 4.05. The zero-order chi connectivity index (χ0) is 10.8. The topological polar surface area (TPSA) is 0 Å². The van der Waals surface area contributed by atoms with E-state index in [2.05, 4.69) is 0 Å². The van der Waals surface area contributed by atoms with Gasteiger partial charge in [-0.25, -0.2) is 0 Å². The highest BCUT2D eigenvalue weighted by Crippen LogP contribution is 2.33. The Morgan fingerprint density at radius 3 is 2.36 bits per heavy atom. The van der Waals surface area contributed by atoms with Crippen molar-refractivity contribution in [3.05, 3.63) is 41.0 Å². The lowest BCUT2D eigenvalue weighted by Crippen LogP contribution is -2.07. The van der Waals surface area contributed by atoms with Gasteiger partial charge >= 0.3 is 6.18 Å². The molecule has 0 nitrogen and oxygen atoms in total. The number of alkyl halides is 3. The van der Waals surface area contributed by atoms with Crippen LogP contribution in [0, 0.1) is 6.92 Å². The molecule has 1 rings (SSSR count). The second-order valence-corrected chi connectivity index (χ2v) is 3.02. The monoisotopic (exact) mass is 200 g/mol. The highest BCUT2D eigenvalue weighted by atomic mass is 19.4. The van der Waals surface area contributed by atoms with E-state index in [1.54, 1.807) is 25.1 Å². The molecule has 0 N–H and O–H groups in total. The van der Waals surface area contributed by atoms with E-state index in [0.717, 1.165) is 6.07 Å². The summed E-state index contributed by atoms with van der Waals surface area (Å²) in [4.78, 5) is 0. The van der Waals surface area contributed by atoms with Gasteiger partial charge < -0.3 is 0 Å². The Kier molecular flexibility index (Phi) is 2.99. The molecule has 0 spiro atoms. The van der Waals surface area contributed by atoms with Crippen molar-refractivity contribution >= 4 is 6.08 Å². The molecule has 0 amide bonds. The largest absolute Gasteiger partial charge is 0.416 e. The van der Waals surface area contributed by atoms with Gasteiger partial charge in [0.05, 0.1) is 5.56 Å². The van der Waals surface area contributed by atoms with Crippen molar-refractivity contribution in [1.82, 2.24) is 0 Å². The summed E-state index contributed by atoms with van der Waals surface area (Å²) in [5.74, 6) is 0. The van der Waals surface area contributed by atoms with E-state index < -0.39 is 11.7 Å². The van der Waals surface area contributed by atoms with Gasteiger partial charge in [-0.15, -0.1) is 0 Å². The second-order valence-electron chi connectivity index (χ2n) is 3.02. The third-order valence-corrected chi connectivity index (χ3v) is 2.03. The highest BCUT2D eigenvalue weighted by Gasteiger charge is 2.32. The third-order valence-electron chi connectivity index (χ3n) is 2.03.